The number of benzene rings is 2. The maximum atomic E-state index is 13.3. The van der Waals surface area contributed by atoms with Gasteiger partial charge in [0.1, 0.15) is 5.82 Å². The molecule has 1 nitrogen and oxygen atoms in total. The van der Waals surface area contributed by atoms with Gasteiger partial charge in [0.05, 0.1) is 4.47 Å². The van der Waals surface area contributed by atoms with E-state index in [0.29, 0.717) is 4.47 Å². The van der Waals surface area contributed by atoms with Gasteiger partial charge in [0.15, 0.2) is 0 Å². The van der Waals surface area contributed by atoms with Crippen LogP contribution >= 0.6 is 27.7 Å². The normalized spacial score (nSPS) is 10.3. The van der Waals surface area contributed by atoms with Crippen molar-refractivity contribution in [2.75, 3.05) is 17.6 Å². The molecule has 0 aliphatic rings. The van der Waals surface area contributed by atoms with E-state index in [1.807, 2.05) is 24.3 Å². The van der Waals surface area contributed by atoms with E-state index in [0.717, 1.165) is 18.0 Å². The van der Waals surface area contributed by atoms with E-state index in [4.69, 9.17) is 0 Å². The number of rotatable bonds is 5. The standard InChI is InChI=1S/C14H13BrFNS/c15-13-7-6-11(10-14(13)16)17-8-9-18-12-4-2-1-3-5-12/h1-7,10,17H,8-9H2. The van der Waals surface area contributed by atoms with E-state index in [2.05, 4.69) is 33.4 Å². The van der Waals surface area contributed by atoms with Crippen LogP contribution in [0.5, 0.6) is 0 Å². The van der Waals surface area contributed by atoms with Crippen molar-refractivity contribution in [2.24, 2.45) is 0 Å². The lowest BCUT2D eigenvalue weighted by molar-refractivity contribution is 0.621. The number of halogens is 2. The number of thioether (sulfide) groups is 1. The Labute approximate surface area is 119 Å². The third-order valence-electron chi connectivity index (χ3n) is 2.36. The highest BCUT2D eigenvalue weighted by Crippen LogP contribution is 2.20. The first-order chi connectivity index (χ1) is 8.75. The maximum absolute atomic E-state index is 13.3. The third-order valence-corrected chi connectivity index (χ3v) is 4.02. The molecule has 94 valence electrons. The summed E-state index contributed by atoms with van der Waals surface area (Å²) in [5, 5.41) is 3.20. The Morgan fingerprint density at radius 2 is 1.89 bits per heavy atom. The SMILES string of the molecule is Fc1cc(NCCSc2ccccc2)ccc1Br. The molecule has 1 N–H and O–H groups in total. The molecule has 0 bridgehead atoms. The zero-order chi connectivity index (χ0) is 12.8. The van der Waals surface area contributed by atoms with Gasteiger partial charge in [-0.1, -0.05) is 18.2 Å². The smallest absolute Gasteiger partial charge is 0.139 e. The molecule has 0 spiro atoms. The summed E-state index contributed by atoms with van der Waals surface area (Å²) in [4.78, 5) is 1.25. The van der Waals surface area contributed by atoms with E-state index in [1.165, 1.54) is 11.0 Å². The predicted molar refractivity (Wildman–Crippen MR) is 79.8 cm³/mol. The Kier molecular flexibility index (Phi) is 5.08. The van der Waals surface area contributed by atoms with Gasteiger partial charge in [-0.2, -0.15) is 0 Å². The minimum Gasteiger partial charge on any atom is -0.384 e. The molecule has 0 saturated heterocycles. The fraction of sp³-hybridized carbons (Fsp3) is 0.143. The Hall–Kier alpha value is -1.00. The molecular weight excluding hydrogens is 313 g/mol. The molecule has 2 rings (SSSR count). The van der Waals surface area contributed by atoms with E-state index in [1.54, 1.807) is 17.8 Å². The van der Waals surface area contributed by atoms with E-state index >= 15 is 0 Å². The maximum Gasteiger partial charge on any atom is 0.139 e. The first-order valence-corrected chi connectivity index (χ1v) is 7.40. The molecule has 0 aromatic heterocycles. The van der Waals surface area contributed by atoms with Crippen LogP contribution in [0.25, 0.3) is 0 Å². The second kappa shape index (κ2) is 6.81. The van der Waals surface area contributed by atoms with Gasteiger partial charge < -0.3 is 5.32 Å². The first kappa shape index (κ1) is 13.4. The van der Waals surface area contributed by atoms with Crippen molar-refractivity contribution in [1.29, 1.82) is 0 Å². The fourth-order valence-corrected chi connectivity index (χ4v) is 2.52. The lowest BCUT2D eigenvalue weighted by atomic mass is 10.3. The van der Waals surface area contributed by atoms with Gasteiger partial charge in [-0.3, -0.25) is 0 Å². The van der Waals surface area contributed by atoms with Crippen LogP contribution in [0.4, 0.5) is 10.1 Å². The van der Waals surface area contributed by atoms with Crippen LogP contribution in [0.2, 0.25) is 0 Å². The Morgan fingerprint density at radius 1 is 1.11 bits per heavy atom. The third kappa shape index (κ3) is 4.03. The van der Waals surface area contributed by atoms with E-state index < -0.39 is 0 Å². The molecule has 0 fully saturated rings. The van der Waals surface area contributed by atoms with Gasteiger partial charge in [-0.15, -0.1) is 11.8 Å². The molecule has 0 atom stereocenters. The summed E-state index contributed by atoms with van der Waals surface area (Å²) in [6.45, 7) is 0.806. The zero-order valence-corrected chi connectivity index (χ0v) is 12.1. The highest BCUT2D eigenvalue weighted by molar-refractivity contribution is 9.10. The van der Waals surface area contributed by atoms with Gasteiger partial charge in [-0.05, 0) is 46.3 Å². The molecule has 0 unspecified atom stereocenters. The monoisotopic (exact) mass is 325 g/mol. The zero-order valence-electron chi connectivity index (χ0n) is 9.70. The van der Waals surface area contributed by atoms with E-state index in [9.17, 15) is 4.39 Å². The second-order valence-electron chi connectivity index (χ2n) is 3.72. The summed E-state index contributed by atoms with van der Waals surface area (Å²) in [7, 11) is 0. The molecule has 2 aromatic carbocycles. The van der Waals surface area contributed by atoms with Gasteiger partial charge in [0, 0.05) is 22.9 Å². The predicted octanol–water partition coefficient (Wildman–Crippen LogP) is 4.79. The van der Waals surface area contributed by atoms with Gasteiger partial charge in [0.25, 0.3) is 0 Å². The summed E-state index contributed by atoms with van der Waals surface area (Å²) in [6.07, 6.45) is 0. The molecular formula is C14H13BrFNS. The lowest BCUT2D eigenvalue weighted by Gasteiger charge is -2.07. The number of hydrogen-bond donors (Lipinski definition) is 1. The van der Waals surface area contributed by atoms with Crippen LogP contribution in [0.1, 0.15) is 0 Å². The summed E-state index contributed by atoms with van der Waals surface area (Å²) >= 11 is 4.92. The summed E-state index contributed by atoms with van der Waals surface area (Å²) in [6, 6.07) is 15.3. The Morgan fingerprint density at radius 3 is 2.61 bits per heavy atom. The van der Waals surface area contributed by atoms with Crippen LogP contribution in [0.15, 0.2) is 57.9 Å². The minimum atomic E-state index is -0.240. The molecule has 4 heteroatoms. The first-order valence-electron chi connectivity index (χ1n) is 5.62. The fourth-order valence-electron chi connectivity index (χ4n) is 1.49. The summed E-state index contributed by atoms with van der Waals surface area (Å²) in [5.41, 5.74) is 0.810. The van der Waals surface area contributed by atoms with Crippen molar-refractivity contribution in [3.05, 3.63) is 58.8 Å². The van der Waals surface area contributed by atoms with E-state index in [-0.39, 0.29) is 5.82 Å². The number of anilines is 1. The van der Waals surface area contributed by atoms with Crippen LogP contribution in [0.3, 0.4) is 0 Å². The van der Waals surface area contributed by atoms with Crippen molar-refractivity contribution in [2.45, 2.75) is 4.90 Å². The molecule has 0 amide bonds. The molecule has 2 aromatic rings. The molecule has 18 heavy (non-hydrogen) atoms. The largest absolute Gasteiger partial charge is 0.384 e. The molecule has 0 heterocycles. The van der Waals surface area contributed by atoms with Crippen LogP contribution in [-0.2, 0) is 0 Å². The van der Waals surface area contributed by atoms with Crippen molar-refractivity contribution >= 4 is 33.4 Å². The number of hydrogen-bond acceptors (Lipinski definition) is 2. The average Bonchev–Trinajstić information content (AvgIpc) is 2.40. The van der Waals surface area contributed by atoms with Crippen molar-refractivity contribution in [3.63, 3.8) is 0 Å². The van der Waals surface area contributed by atoms with Crippen molar-refractivity contribution in [1.82, 2.24) is 0 Å². The van der Waals surface area contributed by atoms with Crippen LogP contribution in [0, 0.1) is 5.82 Å². The summed E-state index contributed by atoms with van der Waals surface area (Å²) in [5.74, 6) is 0.706. The van der Waals surface area contributed by atoms with Gasteiger partial charge >= 0.3 is 0 Å². The molecule has 0 aliphatic carbocycles. The summed E-state index contributed by atoms with van der Waals surface area (Å²) < 4.78 is 13.8. The molecule has 0 aliphatic heterocycles. The minimum absolute atomic E-state index is 0.240. The topological polar surface area (TPSA) is 12.0 Å². The Balaban J connectivity index is 1.77. The molecule has 0 radical (unpaired) electrons. The number of nitrogens with one attached hydrogen (secondary N) is 1. The quantitative estimate of drug-likeness (QED) is 0.626. The van der Waals surface area contributed by atoms with Crippen LogP contribution < -0.4 is 5.32 Å². The Bertz CT molecular complexity index is 504. The second-order valence-corrected chi connectivity index (χ2v) is 5.74. The van der Waals surface area contributed by atoms with Crippen molar-refractivity contribution in [3.8, 4) is 0 Å². The lowest BCUT2D eigenvalue weighted by Crippen LogP contribution is -2.04. The van der Waals surface area contributed by atoms with Gasteiger partial charge in [-0.25, -0.2) is 4.39 Å². The molecule has 0 saturated carbocycles. The van der Waals surface area contributed by atoms with Crippen LogP contribution in [-0.4, -0.2) is 12.3 Å². The average molecular weight is 326 g/mol. The highest BCUT2D eigenvalue weighted by Gasteiger charge is 2.00. The van der Waals surface area contributed by atoms with Crippen molar-refractivity contribution < 1.29 is 4.39 Å². The van der Waals surface area contributed by atoms with Gasteiger partial charge in [0.2, 0.25) is 0 Å². The highest BCUT2D eigenvalue weighted by atomic mass is 79.9.